The SMILES string of the molecule is CC(=O)c1sc(-c2ccc(C(F)(F)F)cc2F)nc1C. The van der Waals surface area contributed by atoms with E-state index < -0.39 is 17.6 Å². The van der Waals surface area contributed by atoms with Crippen LogP contribution in [0.3, 0.4) is 0 Å². The van der Waals surface area contributed by atoms with Crippen LogP contribution >= 0.6 is 11.3 Å². The van der Waals surface area contributed by atoms with E-state index in [0.29, 0.717) is 16.6 Å². The molecule has 0 radical (unpaired) electrons. The fourth-order valence-electron chi connectivity index (χ4n) is 1.70. The zero-order valence-corrected chi connectivity index (χ0v) is 11.3. The van der Waals surface area contributed by atoms with Crippen molar-refractivity contribution in [2.45, 2.75) is 20.0 Å². The number of rotatable bonds is 2. The Morgan fingerprint density at radius 3 is 2.40 bits per heavy atom. The van der Waals surface area contributed by atoms with Crippen LogP contribution in [0.25, 0.3) is 10.6 Å². The highest BCUT2D eigenvalue weighted by Gasteiger charge is 2.31. The number of thiazole rings is 1. The van der Waals surface area contributed by atoms with E-state index in [4.69, 9.17) is 0 Å². The molecule has 2 rings (SSSR count). The predicted molar refractivity (Wildman–Crippen MR) is 67.3 cm³/mol. The van der Waals surface area contributed by atoms with Gasteiger partial charge in [0.2, 0.25) is 0 Å². The van der Waals surface area contributed by atoms with Gasteiger partial charge in [-0.25, -0.2) is 9.37 Å². The smallest absolute Gasteiger partial charge is 0.294 e. The van der Waals surface area contributed by atoms with Crippen molar-refractivity contribution in [1.29, 1.82) is 0 Å². The molecular weight excluding hydrogens is 294 g/mol. The summed E-state index contributed by atoms with van der Waals surface area (Å²) in [7, 11) is 0. The number of halogens is 4. The molecule has 0 aliphatic carbocycles. The summed E-state index contributed by atoms with van der Waals surface area (Å²) >= 11 is 0.966. The topological polar surface area (TPSA) is 30.0 Å². The maximum atomic E-state index is 13.8. The highest BCUT2D eigenvalue weighted by atomic mass is 32.1. The summed E-state index contributed by atoms with van der Waals surface area (Å²) in [5, 5.41) is 0.193. The molecule has 0 saturated heterocycles. The van der Waals surface area contributed by atoms with Crippen LogP contribution < -0.4 is 0 Å². The maximum Gasteiger partial charge on any atom is 0.416 e. The van der Waals surface area contributed by atoms with Gasteiger partial charge in [0, 0.05) is 12.5 Å². The third-order valence-corrected chi connectivity index (χ3v) is 3.93. The molecule has 106 valence electrons. The zero-order valence-electron chi connectivity index (χ0n) is 10.5. The number of hydrogen-bond donors (Lipinski definition) is 0. The van der Waals surface area contributed by atoms with E-state index in [1.165, 1.54) is 6.92 Å². The van der Waals surface area contributed by atoms with E-state index in [1.807, 2.05) is 0 Å². The second-order valence-electron chi connectivity index (χ2n) is 4.18. The Balaban J connectivity index is 2.49. The van der Waals surface area contributed by atoms with Gasteiger partial charge in [-0.05, 0) is 25.1 Å². The minimum atomic E-state index is -4.59. The average molecular weight is 303 g/mol. The van der Waals surface area contributed by atoms with E-state index in [-0.39, 0.29) is 16.4 Å². The van der Waals surface area contributed by atoms with Crippen molar-refractivity contribution in [3.8, 4) is 10.6 Å². The summed E-state index contributed by atoms with van der Waals surface area (Å²) in [4.78, 5) is 15.7. The molecule has 0 atom stereocenters. The molecule has 0 saturated carbocycles. The summed E-state index contributed by atoms with van der Waals surface area (Å²) in [6.45, 7) is 2.95. The number of hydrogen-bond acceptors (Lipinski definition) is 3. The largest absolute Gasteiger partial charge is 0.416 e. The number of benzene rings is 1. The van der Waals surface area contributed by atoms with Crippen LogP contribution in [0.4, 0.5) is 17.6 Å². The lowest BCUT2D eigenvalue weighted by molar-refractivity contribution is -0.137. The maximum absolute atomic E-state index is 13.8. The highest BCUT2D eigenvalue weighted by Crippen LogP contribution is 2.34. The van der Waals surface area contributed by atoms with Crippen molar-refractivity contribution in [1.82, 2.24) is 4.98 Å². The predicted octanol–water partition coefficient (Wildman–Crippen LogP) is 4.48. The van der Waals surface area contributed by atoms with Crippen LogP contribution in [0.1, 0.15) is 27.9 Å². The van der Waals surface area contributed by atoms with E-state index in [9.17, 15) is 22.4 Å². The van der Waals surface area contributed by atoms with Crippen molar-refractivity contribution >= 4 is 17.1 Å². The van der Waals surface area contributed by atoms with Crippen LogP contribution in [-0.2, 0) is 6.18 Å². The van der Waals surface area contributed by atoms with E-state index in [2.05, 4.69) is 4.98 Å². The zero-order chi connectivity index (χ0) is 15.1. The first-order chi connectivity index (χ1) is 9.20. The fourth-order valence-corrected chi connectivity index (χ4v) is 2.69. The van der Waals surface area contributed by atoms with E-state index in [0.717, 1.165) is 23.5 Å². The minimum Gasteiger partial charge on any atom is -0.294 e. The summed E-state index contributed by atoms with van der Waals surface area (Å²) < 4.78 is 51.1. The van der Waals surface area contributed by atoms with Gasteiger partial charge in [-0.1, -0.05) is 0 Å². The number of carbonyl (C=O) groups is 1. The molecule has 0 aliphatic rings. The lowest BCUT2D eigenvalue weighted by atomic mass is 10.1. The van der Waals surface area contributed by atoms with Gasteiger partial charge >= 0.3 is 6.18 Å². The third kappa shape index (κ3) is 2.72. The molecule has 0 unspecified atom stereocenters. The highest BCUT2D eigenvalue weighted by molar-refractivity contribution is 7.17. The molecule has 0 amide bonds. The van der Waals surface area contributed by atoms with Crippen molar-refractivity contribution in [3.63, 3.8) is 0 Å². The third-order valence-electron chi connectivity index (χ3n) is 2.64. The molecule has 0 fully saturated rings. The van der Waals surface area contributed by atoms with Crippen LogP contribution in [0.2, 0.25) is 0 Å². The molecule has 1 heterocycles. The fraction of sp³-hybridized carbons (Fsp3) is 0.231. The van der Waals surface area contributed by atoms with Crippen LogP contribution in [0, 0.1) is 12.7 Å². The molecule has 2 nitrogen and oxygen atoms in total. The molecule has 1 aromatic heterocycles. The first-order valence-corrected chi connectivity index (χ1v) is 6.37. The van der Waals surface area contributed by atoms with E-state index in [1.54, 1.807) is 6.92 Å². The van der Waals surface area contributed by atoms with Gasteiger partial charge in [0.1, 0.15) is 10.8 Å². The van der Waals surface area contributed by atoms with Crippen molar-refractivity contribution in [3.05, 3.63) is 40.2 Å². The first kappa shape index (κ1) is 14.6. The second kappa shape index (κ2) is 4.97. The summed E-state index contributed by atoms with van der Waals surface area (Å²) in [5.74, 6) is -1.22. The quantitative estimate of drug-likeness (QED) is 0.605. The molecule has 20 heavy (non-hydrogen) atoms. The lowest BCUT2D eigenvalue weighted by Crippen LogP contribution is -2.05. The summed E-state index contributed by atoms with van der Waals surface area (Å²) in [6, 6.07) is 2.25. The number of carbonyl (C=O) groups excluding carboxylic acids is 1. The van der Waals surface area contributed by atoms with E-state index >= 15 is 0 Å². The molecule has 0 bridgehead atoms. The number of ketones is 1. The Labute approximate surface area is 116 Å². The Bertz CT molecular complexity index is 675. The van der Waals surface area contributed by atoms with Crippen LogP contribution in [0.15, 0.2) is 18.2 Å². The minimum absolute atomic E-state index is 0.0430. The molecule has 0 N–H and O–H groups in total. The number of Topliss-reactive ketones (excluding diaryl/α,β-unsaturated/α-hetero) is 1. The van der Waals surface area contributed by atoms with Crippen LogP contribution in [-0.4, -0.2) is 10.8 Å². The van der Waals surface area contributed by atoms with Gasteiger partial charge in [0.15, 0.2) is 5.78 Å². The van der Waals surface area contributed by atoms with Crippen LogP contribution in [0.5, 0.6) is 0 Å². The van der Waals surface area contributed by atoms with Gasteiger partial charge in [-0.3, -0.25) is 4.79 Å². The van der Waals surface area contributed by atoms with Gasteiger partial charge < -0.3 is 0 Å². The number of alkyl halides is 3. The number of nitrogens with zero attached hydrogens (tertiary/aromatic N) is 1. The standard InChI is InChI=1S/C13H9F4NOS/c1-6-11(7(2)19)20-12(18-6)9-4-3-8(5-10(9)14)13(15,16)17/h3-5H,1-2H3. The summed E-state index contributed by atoms with van der Waals surface area (Å²) in [5.41, 5.74) is -0.658. The number of aryl methyl sites for hydroxylation is 1. The molecule has 0 spiro atoms. The van der Waals surface area contributed by atoms with Gasteiger partial charge in [-0.15, -0.1) is 11.3 Å². The van der Waals surface area contributed by atoms with Gasteiger partial charge in [-0.2, -0.15) is 13.2 Å². The molecule has 1 aromatic carbocycles. The second-order valence-corrected chi connectivity index (χ2v) is 5.18. The average Bonchev–Trinajstić information content (AvgIpc) is 2.69. The summed E-state index contributed by atoms with van der Waals surface area (Å²) in [6.07, 6.45) is -4.59. The van der Waals surface area contributed by atoms with Crippen molar-refractivity contribution in [2.75, 3.05) is 0 Å². The Morgan fingerprint density at radius 1 is 1.30 bits per heavy atom. The molecule has 2 aromatic rings. The Kier molecular flexibility index (Phi) is 3.64. The molecule has 7 heteroatoms. The lowest BCUT2D eigenvalue weighted by Gasteiger charge is -2.07. The number of aromatic nitrogens is 1. The van der Waals surface area contributed by atoms with Crippen molar-refractivity contribution < 1.29 is 22.4 Å². The Morgan fingerprint density at radius 2 is 1.95 bits per heavy atom. The first-order valence-electron chi connectivity index (χ1n) is 5.55. The normalized spacial score (nSPS) is 11.7. The molecule has 0 aliphatic heterocycles. The monoisotopic (exact) mass is 303 g/mol. The Hall–Kier alpha value is -1.76. The van der Waals surface area contributed by atoms with Gasteiger partial charge in [0.05, 0.1) is 16.1 Å². The molecular formula is C13H9F4NOS. The van der Waals surface area contributed by atoms with Crippen molar-refractivity contribution in [2.24, 2.45) is 0 Å². The van der Waals surface area contributed by atoms with Gasteiger partial charge in [0.25, 0.3) is 0 Å².